The Labute approximate surface area is 105 Å². The average Bonchev–Trinajstić information content (AvgIpc) is 2.14. The number of hydrogen-bond donors (Lipinski definition) is 3. The number of carbonyl (C=O) groups is 1. The maximum absolute atomic E-state index is 10.8. The number of carboxylic acids is 1. The number of allylic oxidation sites excluding steroid dienone is 1. The molecule has 0 fully saturated rings. The van der Waals surface area contributed by atoms with Crippen molar-refractivity contribution in [3.05, 3.63) is 43.3 Å². The van der Waals surface area contributed by atoms with E-state index >= 15 is 0 Å². The van der Waals surface area contributed by atoms with Crippen LogP contribution in [0.1, 0.15) is 6.42 Å². The van der Waals surface area contributed by atoms with Gasteiger partial charge in [-0.05, 0) is 6.08 Å². The molecule has 0 aromatic rings. The minimum Gasteiger partial charge on any atom is -0.477 e. The summed E-state index contributed by atoms with van der Waals surface area (Å²) < 4.78 is -1.41. The van der Waals surface area contributed by atoms with E-state index in [0.29, 0.717) is 0 Å². The Morgan fingerprint density at radius 2 is 1.88 bits per heavy atom. The van der Waals surface area contributed by atoms with Crippen LogP contribution in [0.15, 0.2) is 23.0 Å². The molecule has 1 rings (SSSR count). The number of nitrogens with zero attached hydrogens (tertiary/aromatic N) is 2. The molecule has 10 heteroatoms. The molecule has 17 heavy (non-hydrogen) atoms. The molecule has 0 aromatic carbocycles. The normalized spacial score (nSPS) is 18.6. The zero-order valence-electron chi connectivity index (χ0n) is 8.06. The van der Waals surface area contributed by atoms with E-state index in [0.717, 1.165) is 6.08 Å². The monoisotopic (exact) mass is 278 g/mol. The van der Waals surface area contributed by atoms with Crippen molar-refractivity contribution in [1.82, 2.24) is 0 Å². The van der Waals surface area contributed by atoms with Gasteiger partial charge in [-0.15, -0.1) is 0 Å². The number of hydrogen-bond acceptors (Lipinski definition) is 7. The van der Waals surface area contributed by atoms with Gasteiger partial charge in [0.15, 0.2) is 0 Å². The quantitative estimate of drug-likeness (QED) is 0.302. The fourth-order valence-electron chi connectivity index (χ4n) is 1.35. The zero-order chi connectivity index (χ0) is 13.4. The fraction of sp³-hybridized carbons (Fsp3) is 0.286. The second-order valence-electron chi connectivity index (χ2n) is 3.23. The fourth-order valence-corrected chi connectivity index (χ4v) is 1.91. The van der Waals surface area contributed by atoms with Crippen LogP contribution in [0.5, 0.6) is 0 Å². The molecule has 0 unspecified atom stereocenters. The number of aliphatic carboxylic acids is 1. The topological polar surface area (TPSA) is 124 Å². The summed E-state index contributed by atoms with van der Waals surface area (Å²) in [6.45, 7) is 0. The van der Waals surface area contributed by atoms with Crippen LogP contribution in [-0.2, 0) is 4.79 Å². The smallest absolute Gasteiger partial charge is 0.355 e. The van der Waals surface area contributed by atoms with Crippen molar-refractivity contribution in [2.24, 2.45) is 0 Å². The first-order chi connectivity index (χ1) is 7.65. The van der Waals surface area contributed by atoms with Crippen LogP contribution in [0, 0.1) is 20.2 Å². The first-order valence-corrected chi connectivity index (χ1v) is 4.98. The Hall–Kier alpha value is -1.55. The lowest BCUT2D eigenvalue weighted by atomic mass is 10.00. The Morgan fingerprint density at radius 3 is 2.24 bits per heavy atom. The van der Waals surface area contributed by atoms with Crippen LogP contribution in [0.3, 0.4) is 0 Å². The molecule has 0 atom stereocenters. The maximum atomic E-state index is 10.8. The molecule has 0 bridgehead atoms. The molecule has 0 amide bonds. The van der Waals surface area contributed by atoms with Gasteiger partial charge in [0.2, 0.25) is 0 Å². The molecule has 0 saturated heterocycles. The first-order valence-electron chi connectivity index (χ1n) is 4.09. The number of carboxylic acid groups (broad SMARTS) is 1. The minimum atomic E-state index is -1.64. The zero-order valence-corrected chi connectivity index (χ0v) is 9.85. The van der Waals surface area contributed by atoms with Gasteiger partial charge < -0.3 is 5.11 Å². The summed E-state index contributed by atoms with van der Waals surface area (Å²) in [5.74, 6) is -1.64. The molecule has 0 heterocycles. The molecule has 0 radical (unpaired) electrons. The van der Waals surface area contributed by atoms with E-state index in [9.17, 15) is 25.0 Å². The van der Waals surface area contributed by atoms with Crippen molar-refractivity contribution >= 4 is 31.2 Å². The molecule has 8 nitrogen and oxygen atoms in total. The van der Waals surface area contributed by atoms with Gasteiger partial charge in [0.25, 0.3) is 0 Å². The van der Waals surface area contributed by atoms with Crippen LogP contribution < -0.4 is 0 Å². The second kappa shape index (κ2) is 4.37. The maximum Gasteiger partial charge on any atom is 0.355 e. The van der Waals surface area contributed by atoms with Gasteiger partial charge in [0.1, 0.15) is 5.57 Å². The van der Waals surface area contributed by atoms with Crippen LogP contribution >= 0.6 is 25.3 Å². The van der Waals surface area contributed by atoms with Crippen LogP contribution in [0.4, 0.5) is 0 Å². The van der Waals surface area contributed by atoms with Gasteiger partial charge >= 0.3 is 17.4 Å². The van der Waals surface area contributed by atoms with E-state index in [-0.39, 0.29) is 0 Å². The molecule has 1 aliphatic carbocycles. The second-order valence-corrected chi connectivity index (χ2v) is 5.18. The molecule has 1 N–H and O–H groups in total. The van der Waals surface area contributed by atoms with E-state index in [1.807, 2.05) is 0 Å². The molecule has 1 aliphatic rings. The van der Waals surface area contributed by atoms with Gasteiger partial charge in [-0.1, -0.05) is 0 Å². The van der Waals surface area contributed by atoms with Crippen molar-refractivity contribution in [3.63, 3.8) is 0 Å². The Kier molecular flexibility index (Phi) is 3.48. The summed E-state index contributed by atoms with van der Waals surface area (Å²) in [6, 6.07) is 0. The number of thiol groups is 2. The molecule has 0 saturated carbocycles. The predicted octanol–water partition coefficient (Wildman–Crippen LogP) is 0.722. The standard InChI is InChI=1S/C7H6N2O6S2/c10-6(11)3-1-7(16,17)2-4(8(12)13)5(3)9(14)15/h1,16-17H,2H2,(H,10,11). The predicted molar refractivity (Wildman–Crippen MR) is 62.1 cm³/mol. The van der Waals surface area contributed by atoms with E-state index in [1.54, 1.807) is 0 Å². The van der Waals surface area contributed by atoms with Crippen LogP contribution in [0.25, 0.3) is 0 Å². The highest BCUT2D eigenvalue weighted by Crippen LogP contribution is 2.38. The van der Waals surface area contributed by atoms with Crippen molar-refractivity contribution in [1.29, 1.82) is 0 Å². The van der Waals surface area contributed by atoms with Crippen LogP contribution in [-0.4, -0.2) is 25.0 Å². The molecule has 0 spiro atoms. The highest BCUT2D eigenvalue weighted by Gasteiger charge is 2.44. The van der Waals surface area contributed by atoms with Crippen LogP contribution in [0.2, 0.25) is 0 Å². The lowest BCUT2D eigenvalue weighted by molar-refractivity contribution is -0.471. The van der Waals surface area contributed by atoms with Crippen molar-refractivity contribution < 1.29 is 19.7 Å². The van der Waals surface area contributed by atoms with E-state index < -0.39 is 43.3 Å². The molecular weight excluding hydrogens is 272 g/mol. The van der Waals surface area contributed by atoms with Crippen molar-refractivity contribution in [3.8, 4) is 0 Å². The summed E-state index contributed by atoms with van der Waals surface area (Å²) in [7, 11) is 0. The molecular formula is C7H6N2O6S2. The Balaban J connectivity index is 3.51. The van der Waals surface area contributed by atoms with Gasteiger partial charge in [0.05, 0.1) is 20.3 Å². The lowest BCUT2D eigenvalue weighted by Gasteiger charge is -2.20. The highest BCUT2D eigenvalue weighted by molar-refractivity contribution is 8.00. The summed E-state index contributed by atoms with van der Waals surface area (Å²) in [5, 5.41) is 30.2. The van der Waals surface area contributed by atoms with E-state index in [2.05, 4.69) is 25.3 Å². The van der Waals surface area contributed by atoms with Crippen molar-refractivity contribution in [2.45, 2.75) is 10.5 Å². The third kappa shape index (κ3) is 2.77. The molecule has 0 aromatic heterocycles. The van der Waals surface area contributed by atoms with E-state index in [1.165, 1.54) is 0 Å². The number of nitro groups is 2. The van der Waals surface area contributed by atoms with Gasteiger partial charge in [0, 0.05) is 0 Å². The SMILES string of the molecule is O=C(O)C1=CC(S)(S)CC([N+](=O)[O-])=C1[N+](=O)[O-]. The summed E-state index contributed by atoms with van der Waals surface area (Å²) in [4.78, 5) is 30.1. The first kappa shape index (κ1) is 13.5. The minimum absolute atomic E-state index is 0.445. The van der Waals surface area contributed by atoms with Gasteiger partial charge in [-0.2, -0.15) is 25.3 Å². The average molecular weight is 278 g/mol. The van der Waals surface area contributed by atoms with Gasteiger partial charge in [-0.3, -0.25) is 20.2 Å². The Bertz CT molecular complexity index is 481. The van der Waals surface area contributed by atoms with Crippen molar-refractivity contribution in [2.75, 3.05) is 0 Å². The van der Waals surface area contributed by atoms with Gasteiger partial charge in [-0.25, -0.2) is 4.79 Å². The largest absolute Gasteiger partial charge is 0.477 e. The summed E-state index contributed by atoms with van der Waals surface area (Å²) >= 11 is 7.80. The summed E-state index contributed by atoms with van der Waals surface area (Å²) in [6.07, 6.45) is 0.464. The third-order valence-electron chi connectivity index (χ3n) is 1.96. The Morgan fingerprint density at radius 1 is 1.35 bits per heavy atom. The number of rotatable bonds is 3. The highest BCUT2D eigenvalue weighted by atomic mass is 32.2. The molecule has 0 aliphatic heterocycles. The molecule has 92 valence electrons. The summed E-state index contributed by atoms with van der Waals surface area (Å²) in [5.41, 5.74) is -2.63. The third-order valence-corrected chi connectivity index (χ3v) is 2.54. The lowest BCUT2D eigenvalue weighted by Crippen LogP contribution is -2.27. The van der Waals surface area contributed by atoms with E-state index in [4.69, 9.17) is 5.11 Å².